The quantitative estimate of drug-likeness (QED) is 0.759. The van der Waals surface area contributed by atoms with Crippen LogP contribution in [0.5, 0.6) is 5.75 Å². The van der Waals surface area contributed by atoms with Gasteiger partial charge in [-0.25, -0.2) is 0 Å². The Kier molecular flexibility index (Phi) is 6.85. The van der Waals surface area contributed by atoms with Gasteiger partial charge in [-0.2, -0.15) is 0 Å². The molecule has 0 aliphatic heterocycles. The van der Waals surface area contributed by atoms with Crippen LogP contribution in [0, 0.1) is 5.92 Å². The molecule has 1 aliphatic rings. The summed E-state index contributed by atoms with van der Waals surface area (Å²) < 4.78 is 5.47. The monoisotopic (exact) mass is 309 g/mol. The van der Waals surface area contributed by atoms with E-state index in [9.17, 15) is 0 Å². The molecule has 0 radical (unpaired) electrons. The van der Waals surface area contributed by atoms with Crippen molar-refractivity contribution in [3.63, 3.8) is 0 Å². The lowest BCUT2D eigenvalue weighted by atomic mass is 9.90. The van der Waals surface area contributed by atoms with Gasteiger partial charge >= 0.3 is 0 Å². The van der Waals surface area contributed by atoms with E-state index in [1.54, 1.807) is 7.11 Å². The minimum atomic E-state index is 0.500. The minimum Gasteiger partial charge on any atom is -0.496 e. The average molecular weight is 310 g/mol. The summed E-state index contributed by atoms with van der Waals surface area (Å²) in [5.74, 6) is 1.82. The standard InChI is InChI=1S/C18H28ClNO/c1-20-17(11-14-7-5-3-4-6-8-14)13-15-12-16(19)9-10-18(15)21-2/h9-10,12,14,17,20H,3-8,11,13H2,1-2H3. The third-order valence-corrected chi connectivity index (χ3v) is 4.94. The summed E-state index contributed by atoms with van der Waals surface area (Å²) in [6, 6.07) is 6.40. The third-order valence-electron chi connectivity index (χ3n) is 4.71. The molecule has 21 heavy (non-hydrogen) atoms. The van der Waals surface area contributed by atoms with Crippen molar-refractivity contribution in [2.75, 3.05) is 14.2 Å². The maximum Gasteiger partial charge on any atom is 0.122 e. The average Bonchev–Trinajstić information content (AvgIpc) is 2.75. The molecule has 1 atom stereocenters. The number of hydrogen-bond donors (Lipinski definition) is 1. The number of ether oxygens (including phenoxy) is 1. The SMILES string of the molecule is CNC(Cc1cc(Cl)ccc1OC)CC1CCCCCC1. The molecule has 1 fully saturated rings. The molecule has 0 bridgehead atoms. The molecule has 1 saturated carbocycles. The summed E-state index contributed by atoms with van der Waals surface area (Å²) in [6.07, 6.45) is 10.7. The maximum atomic E-state index is 6.14. The molecule has 0 heterocycles. The predicted octanol–water partition coefficient (Wildman–Crippen LogP) is 4.84. The molecule has 1 unspecified atom stereocenters. The minimum absolute atomic E-state index is 0.500. The van der Waals surface area contributed by atoms with E-state index in [0.717, 1.165) is 23.1 Å². The summed E-state index contributed by atoms with van der Waals surface area (Å²) in [4.78, 5) is 0. The molecule has 1 aromatic rings. The Labute approximate surface area is 134 Å². The first-order valence-corrected chi connectivity index (χ1v) is 8.60. The van der Waals surface area contributed by atoms with Crippen LogP contribution in [0.3, 0.4) is 0 Å². The fourth-order valence-corrected chi connectivity index (χ4v) is 3.67. The Morgan fingerprint density at radius 2 is 1.95 bits per heavy atom. The number of rotatable bonds is 6. The van der Waals surface area contributed by atoms with E-state index in [2.05, 4.69) is 12.4 Å². The van der Waals surface area contributed by atoms with Crippen LogP contribution in [0.1, 0.15) is 50.5 Å². The highest BCUT2D eigenvalue weighted by Crippen LogP contribution is 2.29. The maximum absolute atomic E-state index is 6.14. The van der Waals surface area contributed by atoms with E-state index in [0.29, 0.717) is 6.04 Å². The second-order valence-corrected chi connectivity index (χ2v) is 6.68. The zero-order valence-electron chi connectivity index (χ0n) is 13.3. The lowest BCUT2D eigenvalue weighted by molar-refractivity contribution is 0.356. The van der Waals surface area contributed by atoms with Gasteiger partial charge in [0.1, 0.15) is 5.75 Å². The first kappa shape index (κ1) is 16.6. The lowest BCUT2D eigenvalue weighted by Crippen LogP contribution is -2.30. The van der Waals surface area contributed by atoms with Crippen LogP contribution in [0.25, 0.3) is 0 Å². The molecule has 2 rings (SSSR count). The summed E-state index contributed by atoms with van der Waals surface area (Å²) in [5, 5.41) is 4.28. The molecule has 3 heteroatoms. The number of hydrogen-bond acceptors (Lipinski definition) is 2. The van der Waals surface area contributed by atoms with Crippen molar-refractivity contribution >= 4 is 11.6 Å². The molecule has 0 spiro atoms. The summed E-state index contributed by atoms with van der Waals surface area (Å²) >= 11 is 6.14. The van der Waals surface area contributed by atoms with Crippen molar-refractivity contribution < 1.29 is 4.74 Å². The number of nitrogens with one attached hydrogen (secondary N) is 1. The van der Waals surface area contributed by atoms with Crippen LogP contribution in [0.2, 0.25) is 5.02 Å². The molecule has 0 amide bonds. The van der Waals surface area contributed by atoms with Gasteiger partial charge in [0.05, 0.1) is 7.11 Å². The summed E-state index contributed by atoms with van der Waals surface area (Å²) in [5.41, 5.74) is 1.21. The highest BCUT2D eigenvalue weighted by Gasteiger charge is 2.18. The van der Waals surface area contributed by atoms with Crippen molar-refractivity contribution in [1.82, 2.24) is 5.32 Å². The van der Waals surface area contributed by atoms with Crippen LogP contribution in [-0.2, 0) is 6.42 Å². The molecule has 0 saturated heterocycles. The largest absolute Gasteiger partial charge is 0.496 e. The van der Waals surface area contributed by atoms with Crippen LogP contribution in [-0.4, -0.2) is 20.2 Å². The smallest absolute Gasteiger partial charge is 0.122 e. The number of halogens is 1. The van der Waals surface area contributed by atoms with Crippen LogP contribution < -0.4 is 10.1 Å². The molecular formula is C18H28ClNO. The van der Waals surface area contributed by atoms with Crippen molar-refractivity contribution in [1.29, 1.82) is 0 Å². The highest BCUT2D eigenvalue weighted by molar-refractivity contribution is 6.30. The van der Waals surface area contributed by atoms with E-state index in [1.807, 2.05) is 18.2 Å². The number of methoxy groups -OCH3 is 1. The van der Waals surface area contributed by atoms with Crippen LogP contribution >= 0.6 is 11.6 Å². The second-order valence-electron chi connectivity index (χ2n) is 6.24. The number of benzene rings is 1. The van der Waals surface area contributed by atoms with E-state index >= 15 is 0 Å². The van der Waals surface area contributed by atoms with Gasteiger partial charge in [-0.1, -0.05) is 50.1 Å². The molecule has 1 N–H and O–H groups in total. The van der Waals surface area contributed by atoms with E-state index in [4.69, 9.17) is 16.3 Å². The predicted molar refractivity (Wildman–Crippen MR) is 90.4 cm³/mol. The van der Waals surface area contributed by atoms with Gasteiger partial charge in [-0.15, -0.1) is 0 Å². The van der Waals surface area contributed by atoms with Crippen molar-refractivity contribution in [2.45, 2.75) is 57.4 Å². The Morgan fingerprint density at radius 3 is 2.57 bits per heavy atom. The van der Waals surface area contributed by atoms with E-state index in [1.165, 1.54) is 50.5 Å². The number of likely N-dealkylation sites (N-methyl/N-ethyl adjacent to an activating group) is 1. The van der Waals surface area contributed by atoms with Gasteiger partial charge in [-0.05, 0) is 49.6 Å². The van der Waals surface area contributed by atoms with Crippen LogP contribution in [0.4, 0.5) is 0 Å². The Bertz CT molecular complexity index is 427. The molecule has 0 aromatic heterocycles. The van der Waals surface area contributed by atoms with Gasteiger partial charge in [-0.3, -0.25) is 0 Å². The van der Waals surface area contributed by atoms with Crippen molar-refractivity contribution in [2.24, 2.45) is 5.92 Å². The van der Waals surface area contributed by atoms with E-state index < -0.39 is 0 Å². The van der Waals surface area contributed by atoms with Gasteiger partial charge in [0.25, 0.3) is 0 Å². The molecule has 1 aliphatic carbocycles. The van der Waals surface area contributed by atoms with E-state index in [-0.39, 0.29) is 0 Å². The van der Waals surface area contributed by atoms with Gasteiger partial charge in [0, 0.05) is 11.1 Å². The Balaban J connectivity index is 1.99. The summed E-state index contributed by atoms with van der Waals surface area (Å²) in [7, 11) is 3.80. The van der Waals surface area contributed by atoms with Crippen molar-refractivity contribution in [3.8, 4) is 5.75 Å². The zero-order chi connectivity index (χ0) is 15.1. The topological polar surface area (TPSA) is 21.3 Å². The van der Waals surface area contributed by atoms with Crippen LogP contribution in [0.15, 0.2) is 18.2 Å². The normalized spacial score (nSPS) is 18.2. The first-order valence-electron chi connectivity index (χ1n) is 8.22. The van der Waals surface area contributed by atoms with Gasteiger partial charge in [0.2, 0.25) is 0 Å². The highest BCUT2D eigenvalue weighted by atomic mass is 35.5. The fraction of sp³-hybridized carbons (Fsp3) is 0.667. The fourth-order valence-electron chi connectivity index (χ4n) is 3.48. The Hall–Kier alpha value is -0.730. The second kappa shape index (κ2) is 8.65. The molecule has 2 nitrogen and oxygen atoms in total. The first-order chi connectivity index (χ1) is 10.2. The molecule has 118 valence electrons. The third kappa shape index (κ3) is 5.19. The Morgan fingerprint density at radius 1 is 1.24 bits per heavy atom. The lowest BCUT2D eigenvalue weighted by Gasteiger charge is -2.23. The zero-order valence-corrected chi connectivity index (χ0v) is 14.1. The van der Waals surface area contributed by atoms with Gasteiger partial charge in [0.15, 0.2) is 0 Å². The molecule has 1 aromatic carbocycles. The molecular weight excluding hydrogens is 282 g/mol. The van der Waals surface area contributed by atoms with Crippen molar-refractivity contribution in [3.05, 3.63) is 28.8 Å². The van der Waals surface area contributed by atoms with Gasteiger partial charge < -0.3 is 10.1 Å². The summed E-state index contributed by atoms with van der Waals surface area (Å²) in [6.45, 7) is 0.